The molecular weight excluding hydrogens is 284 g/mol. The Balaban J connectivity index is 1.58. The SMILES string of the molecule is Cc1cccc([C@H]2CCCN(C(=O)CCc3cccnc3)C2)c1. The number of piperidine rings is 1. The maximum Gasteiger partial charge on any atom is 0.222 e. The van der Waals surface area contributed by atoms with E-state index in [-0.39, 0.29) is 5.91 Å². The molecule has 1 aliphatic heterocycles. The molecule has 1 aliphatic rings. The van der Waals surface area contributed by atoms with Crippen LogP contribution in [0.4, 0.5) is 0 Å². The summed E-state index contributed by atoms with van der Waals surface area (Å²) >= 11 is 0. The number of benzene rings is 1. The lowest BCUT2D eigenvalue weighted by Crippen LogP contribution is -2.39. The summed E-state index contributed by atoms with van der Waals surface area (Å²) in [5.74, 6) is 0.747. The predicted octanol–water partition coefficient (Wildman–Crippen LogP) is 3.73. The van der Waals surface area contributed by atoms with E-state index in [4.69, 9.17) is 0 Å². The third-order valence-electron chi connectivity index (χ3n) is 4.64. The quantitative estimate of drug-likeness (QED) is 0.862. The van der Waals surface area contributed by atoms with Gasteiger partial charge in [0, 0.05) is 37.8 Å². The van der Waals surface area contributed by atoms with E-state index in [0.29, 0.717) is 12.3 Å². The molecule has 0 bridgehead atoms. The second kappa shape index (κ2) is 7.40. The molecule has 3 nitrogen and oxygen atoms in total. The first-order valence-electron chi connectivity index (χ1n) is 8.45. The van der Waals surface area contributed by atoms with Gasteiger partial charge in [-0.15, -0.1) is 0 Å². The van der Waals surface area contributed by atoms with Crippen LogP contribution in [-0.2, 0) is 11.2 Å². The number of likely N-dealkylation sites (tertiary alicyclic amines) is 1. The molecule has 0 N–H and O–H groups in total. The molecule has 0 unspecified atom stereocenters. The Morgan fingerprint density at radius 2 is 2.22 bits per heavy atom. The molecule has 1 atom stereocenters. The smallest absolute Gasteiger partial charge is 0.222 e. The number of amides is 1. The average molecular weight is 308 g/mol. The normalized spacial score (nSPS) is 18.0. The molecule has 120 valence electrons. The van der Waals surface area contributed by atoms with Crippen molar-refractivity contribution in [3.8, 4) is 0 Å². The zero-order chi connectivity index (χ0) is 16.1. The molecule has 1 aromatic heterocycles. The zero-order valence-electron chi connectivity index (χ0n) is 13.7. The van der Waals surface area contributed by atoms with E-state index in [0.717, 1.165) is 31.5 Å². The van der Waals surface area contributed by atoms with Gasteiger partial charge in [-0.25, -0.2) is 0 Å². The van der Waals surface area contributed by atoms with Gasteiger partial charge in [-0.3, -0.25) is 9.78 Å². The summed E-state index contributed by atoms with van der Waals surface area (Å²) in [5, 5.41) is 0. The summed E-state index contributed by atoms with van der Waals surface area (Å²) in [6, 6.07) is 12.7. The van der Waals surface area contributed by atoms with Gasteiger partial charge in [0.25, 0.3) is 0 Å². The summed E-state index contributed by atoms with van der Waals surface area (Å²) in [6.45, 7) is 3.88. The summed E-state index contributed by atoms with van der Waals surface area (Å²) in [5.41, 5.74) is 3.80. The molecule has 1 saturated heterocycles. The Morgan fingerprint density at radius 3 is 3.00 bits per heavy atom. The third-order valence-corrected chi connectivity index (χ3v) is 4.64. The molecule has 1 amide bonds. The maximum atomic E-state index is 12.5. The highest BCUT2D eigenvalue weighted by molar-refractivity contribution is 5.76. The fourth-order valence-corrected chi connectivity index (χ4v) is 3.36. The van der Waals surface area contributed by atoms with Gasteiger partial charge in [0.2, 0.25) is 5.91 Å². The van der Waals surface area contributed by atoms with Gasteiger partial charge in [0.05, 0.1) is 0 Å². The number of pyridine rings is 1. The lowest BCUT2D eigenvalue weighted by molar-refractivity contribution is -0.132. The Labute approximate surface area is 138 Å². The van der Waals surface area contributed by atoms with Crippen LogP contribution in [0, 0.1) is 6.92 Å². The molecule has 23 heavy (non-hydrogen) atoms. The van der Waals surface area contributed by atoms with Gasteiger partial charge in [0.15, 0.2) is 0 Å². The first-order chi connectivity index (χ1) is 11.2. The van der Waals surface area contributed by atoms with Gasteiger partial charge < -0.3 is 4.90 Å². The number of carbonyl (C=O) groups is 1. The lowest BCUT2D eigenvalue weighted by atomic mass is 9.89. The van der Waals surface area contributed by atoms with Crippen LogP contribution in [0.1, 0.15) is 41.9 Å². The topological polar surface area (TPSA) is 33.2 Å². The molecule has 0 saturated carbocycles. The number of aromatic nitrogens is 1. The number of aryl methyl sites for hydroxylation is 2. The van der Waals surface area contributed by atoms with E-state index in [1.165, 1.54) is 17.5 Å². The minimum absolute atomic E-state index is 0.270. The van der Waals surface area contributed by atoms with Crippen molar-refractivity contribution in [1.82, 2.24) is 9.88 Å². The van der Waals surface area contributed by atoms with Crippen molar-refractivity contribution in [1.29, 1.82) is 0 Å². The molecule has 2 aromatic rings. The minimum Gasteiger partial charge on any atom is -0.342 e. The molecule has 1 fully saturated rings. The molecule has 3 rings (SSSR count). The number of rotatable bonds is 4. The molecule has 0 aliphatic carbocycles. The van der Waals surface area contributed by atoms with Crippen LogP contribution in [0.5, 0.6) is 0 Å². The van der Waals surface area contributed by atoms with Crippen molar-refractivity contribution in [3.05, 3.63) is 65.5 Å². The van der Waals surface area contributed by atoms with Gasteiger partial charge in [-0.2, -0.15) is 0 Å². The molecule has 0 spiro atoms. The fraction of sp³-hybridized carbons (Fsp3) is 0.400. The highest BCUT2D eigenvalue weighted by Crippen LogP contribution is 2.27. The van der Waals surface area contributed by atoms with Gasteiger partial charge in [0.1, 0.15) is 0 Å². The molecule has 3 heteroatoms. The Kier molecular flexibility index (Phi) is 5.06. The van der Waals surface area contributed by atoms with Gasteiger partial charge >= 0.3 is 0 Å². The van der Waals surface area contributed by atoms with E-state index in [1.54, 1.807) is 6.20 Å². The lowest BCUT2D eigenvalue weighted by Gasteiger charge is -2.33. The van der Waals surface area contributed by atoms with Crippen LogP contribution in [0.2, 0.25) is 0 Å². The largest absolute Gasteiger partial charge is 0.342 e. The predicted molar refractivity (Wildman–Crippen MR) is 92.3 cm³/mol. The maximum absolute atomic E-state index is 12.5. The van der Waals surface area contributed by atoms with Crippen LogP contribution < -0.4 is 0 Å². The zero-order valence-corrected chi connectivity index (χ0v) is 13.7. The van der Waals surface area contributed by atoms with Crippen LogP contribution in [-0.4, -0.2) is 28.9 Å². The summed E-state index contributed by atoms with van der Waals surface area (Å²) in [6.07, 6.45) is 7.24. The Bertz CT molecular complexity index is 654. The Morgan fingerprint density at radius 1 is 1.30 bits per heavy atom. The number of nitrogens with zero attached hydrogens (tertiary/aromatic N) is 2. The van der Waals surface area contributed by atoms with Crippen LogP contribution in [0.15, 0.2) is 48.8 Å². The molecule has 1 aromatic carbocycles. The number of hydrogen-bond donors (Lipinski definition) is 0. The van der Waals surface area contributed by atoms with Crippen molar-refractivity contribution in [2.24, 2.45) is 0 Å². The van der Waals surface area contributed by atoms with E-state index in [1.807, 2.05) is 23.2 Å². The average Bonchev–Trinajstić information content (AvgIpc) is 2.61. The monoisotopic (exact) mass is 308 g/mol. The van der Waals surface area contributed by atoms with E-state index in [2.05, 4.69) is 36.2 Å². The van der Waals surface area contributed by atoms with E-state index < -0.39 is 0 Å². The molecule has 2 heterocycles. The summed E-state index contributed by atoms with van der Waals surface area (Å²) in [7, 11) is 0. The first kappa shape index (κ1) is 15.7. The van der Waals surface area contributed by atoms with Crippen molar-refractivity contribution in [2.75, 3.05) is 13.1 Å². The second-order valence-corrected chi connectivity index (χ2v) is 6.45. The molecular formula is C20H24N2O. The van der Waals surface area contributed by atoms with Crippen LogP contribution in [0.3, 0.4) is 0 Å². The summed E-state index contributed by atoms with van der Waals surface area (Å²) < 4.78 is 0. The second-order valence-electron chi connectivity index (χ2n) is 6.45. The standard InChI is InChI=1S/C20H24N2O/c1-16-5-2-7-18(13-16)19-8-4-12-22(15-19)20(23)10-9-17-6-3-11-21-14-17/h2-3,5-7,11,13-14,19H,4,8-10,12,15H2,1H3/t19-/m0/s1. The highest BCUT2D eigenvalue weighted by Gasteiger charge is 2.24. The van der Waals surface area contributed by atoms with Gasteiger partial charge in [-0.05, 0) is 43.4 Å². The van der Waals surface area contributed by atoms with Crippen molar-refractivity contribution in [3.63, 3.8) is 0 Å². The fourth-order valence-electron chi connectivity index (χ4n) is 3.36. The van der Waals surface area contributed by atoms with Crippen molar-refractivity contribution in [2.45, 2.75) is 38.5 Å². The van der Waals surface area contributed by atoms with E-state index in [9.17, 15) is 4.79 Å². The van der Waals surface area contributed by atoms with Crippen molar-refractivity contribution >= 4 is 5.91 Å². The van der Waals surface area contributed by atoms with Crippen LogP contribution in [0.25, 0.3) is 0 Å². The van der Waals surface area contributed by atoms with Crippen LogP contribution >= 0.6 is 0 Å². The minimum atomic E-state index is 0.270. The van der Waals surface area contributed by atoms with E-state index >= 15 is 0 Å². The third kappa shape index (κ3) is 4.19. The first-order valence-corrected chi connectivity index (χ1v) is 8.45. The van der Waals surface area contributed by atoms with Crippen molar-refractivity contribution < 1.29 is 4.79 Å². The number of hydrogen-bond acceptors (Lipinski definition) is 2. The number of carbonyl (C=O) groups excluding carboxylic acids is 1. The molecule has 0 radical (unpaired) electrons. The Hall–Kier alpha value is -2.16. The van der Waals surface area contributed by atoms with Gasteiger partial charge in [-0.1, -0.05) is 35.9 Å². The highest BCUT2D eigenvalue weighted by atomic mass is 16.2. The summed E-state index contributed by atoms with van der Waals surface area (Å²) in [4.78, 5) is 18.7.